The molecule has 0 fully saturated rings. The Morgan fingerprint density at radius 2 is 2.00 bits per heavy atom. The Morgan fingerprint density at radius 1 is 1.28 bits per heavy atom. The van der Waals surface area contributed by atoms with Crippen molar-refractivity contribution in [3.63, 3.8) is 0 Å². The molecule has 0 N–H and O–H groups in total. The van der Waals surface area contributed by atoms with E-state index >= 15 is 0 Å². The van der Waals surface area contributed by atoms with Gasteiger partial charge in [-0.05, 0) is 31.2 Å². The topological polar surface area (TPSA) is 40.9 Å². The molecule has 0 aliphatic heterocycles. The van der Waals surface area contributed by atoms with Gasteiger partial charge in [0.2, 0.25) is 0 Å². The van der Waals surface area contributed by atoms with Crippen molar-refractivity contribution in [2.24, 2.45) is 5.92 Å². The van der Waals surface area contributed by atoms with Crippen molar-refractivity contribution < 1.29 is 4.79 Å². The number of Topliss-reactive ketones (excluding diaryl/α,β-unsaturated/α-hetero) is 1. The molecule has 0 bridgehead atoms. The summed E-state index contributed by atoms with van der Waals surface area (Å²) < 4.78 is 0. The number of nitrogens with zero attached hydrogens (tertiary/aromatic N) is 1. The highest BCUT2D eigenvalue weighted by Crippen LogP contribution is 2.14. The first-order chi connectivity index (χ1) is 8.77. The molecule has 0 saturated heterocycles. The number of benzene rings is 1. The average molecular weight is 243 g/mol. The molecule has 0 saturated carbocycles. The van der Waals surface area contributed by atoms with Crippen molar-refractivity contribution in [2.45, 2.75) is 45.4 Å². The van der Waals surface area contributed by atoms with Crippen molar-refractivity contribution in [3.8, 4) is 6.07 Å². The molecule has 1 aromatic carbocycles. The first kappa shape index (κ1) is 14.4. The SMILES string of the molecule is CCCC(=O)C(C#N)CCCCc1ccccc1. The summed E-state index contributed by atoms with van der Waals surface area (Å²) in [6.45, 7) is 1.97. The number of rotatable bonds is 8. The van der Waals surface area contributed by atoms with E-state index in [4.69, 9.17) is 5.26 Å². The molecular formula is C16H21NO. The van der Waals surface area contributed by atoms with Gasteiger partial charge in [-0.25, -0.2) is 0 Å². The lowest BCUT2D eigenvalue weighted by Crippen LogP contribution is -2.12. The maximum atomic E-state index is 11.6. The third-order valence-electron chi connectivity index (χ3n) is 3.09. The van der Waals surface area contributed by atoms with Gasteiger partial charge in [-0.2, -0.15) is 5.26 Å². The number of ketones is 1. The van der Waals surface area contributed by atoms with Gasteiger partial charge in [0.05, 0.1) is 6.07 Å². The number of carbonyl (C=O) groups is 1. The molecule has 2 nitrogen and oxygen atoms in total. The lowest BCUT2D eigenvalue weighted by atomic mass is 9.95. The van der Waals surface area contributed by atoms with Crippen LogP contribution in [-0.2, 0) is 11.2 Å². The maximum absolute atomic E-state index is 11.6. The van der Waals surface area contributed by atoms with E-state index in [1.54, 1.807) is 0 Å². The number of hydrogen-bond acceptors (Lipinski definition) is 2. The molecule has 1 rings (SSSR count). The lowest BCUT2D eigenvalue weighted by Gasteiger charge is -2.07. The fraction of sp³-hybridized carbons (Fsp3) is 0.500. The molecule has 1 aromatic rings. The number of nitriles is 1. The second-order valence-corrected chi connectivity index (χ2v) is 4.63. The normalized spacial score (nSPS) is 11.8. The summed E-state index contributed by atoms with van der Waals surface area (Å²) in [5, 5.41) is 8.97. The van der Waals surface area contributed by atoms with Crippen LogP contribution in [0.2, 0.25) is 0 Å². The zero-order valence-corrected chi connectivity index (χ0v) is 11.1. The zero-order chi connectivity index (χ0) is 13.2. The molecule has 1 atom stereocenters. The Bertz CT molecular complexity index is 391. The average Bonchev–Trinajstić information content (AvgIpc) is 2.40. The minimum atomic E-state index is -0.388. The van der Waals surface area contributed by atoms with Crippen LogP contribution >= 0.6 is 0 Å². The molecule has 0 aliphatic rings. The summed E-state index contributed by atoms with van der Waals surface area (Å²) >= 11 is 0. The summed E-state index contributed by atoms with van der Waals surface area (Å²) in [6.07, 6.45) is 5.10. The molecule has 0 radical (unpaired) electrons. The highest BCUT2D eigenvalue weighted by Gasteiger charge is 2.15. The van der Waals surface area contributed by atoms with E-state index in [0.29, 0.717) is 12.8 Å². The van der Waals surface area contributed by atoms with Gasteiger partial charge in [0, 0.05) is 6.42 Å². The van der Waals surface area contributed by atoms with Crippen molar-refractivity contribution in [2.75, 3.05) is 0 Å². The van der Waals surface area contributed by atoms with Gasteiger partial charge in [0.25, 0.3) is 0 Å². The molecule has 0 heterocycles. The summed E-state index contributed by atoms with van der Waals surface area (Å²) in [5.41, 5.74) is 1.32. The first-order valence-electron chi connectivity index (χ1n) is 6.74. The highest BCUT2D eigenvalue weighted by atomic mass is 16.1. The van der Waals surface area contributed by atoms with E-state index in [9.17, 15) is 4.79 Å². The van der Waals surface area contributed by atoms with Gasteiger partial charge in [-0.15, -0.1) is 0 Å². The van der Waals surface area contributed by atoms with Crippen LogP contribution in [0.5, 0.6) is 0 Å². The Balaban J connectivity index is 2.24. The largest absolute Gasteiger partial charge is 0.298 e. The number of aryl methyl sites for hydroxylation is 1. The number of unbranched alkanes of at least 4 members (excludes halogenated alkanes) is 1. The third-order valence-corrected chi connectivity index (χ3v) is 3.09. The second kappa shape index (κ2) is 8.47. The molecule has 1 unspecified atom stereocenters. The molecule has 0 amide bonds. The summed E-state index contributed by atoms with van der Waals surface area (Å²) in [7, 11) is 0. The summed E-state index contributed by atoms with van der Waals surface area (Å²) in [4.78, 5) is 11.6. The van der Waals surface area contributed by atoms with E-state index in [1.807, 2.05) is 25.1 Å². The maximum Gasteiger partial charge on any atom is 0.149 e. The van der Waals surface area contributed by atoms with Crippen LogP contribution < -0.4 is 0 Å². The van der Waals surface area contributed by atoms with Gasteiger partial charge in [-0.3, -0.25) is 4.79 Å². The minimum Gasteiger partial charge on any atom is -0.298 e. The fourth-order valence-electron chi connectivity index (χ4n) is 2.04. The lowest BCUT2D eigenvalue weighted by molar-refractivity contribution is -0.121. The smallest absolute Gasteiger partial charge is 0.149 e. The predicted octanol–water partition coefficient (Wildman–Crippen LogP) is 3.91. The van der Waals surface area contributed by atoms with Crippen LogP contribution in [0.4, 0.5) is 0 Å². The van der Waals surface area contributed by atoms with Crippen LogP contribution in [-0.4, -0.2) is 5.78 Å². The van der Waals surface area contributed by atoms with Gasteiger partial charge < -0.3 is 0 Å². The van der Waals surface area contributed by atoms with Crippen LogP contribution in [0.3, 0.4) is 0 Å². The van der Waals surface area contributed by atoms with E-state index in [-0.39, 0.29) is 11.7 Å². The van der Waals surface area contributed by atoms with Crippen LogP contribution in [0.25, 0.3) is 0 Å². The number of carbonyl (C=O) groups excluding carboxylic acids is 1. The molecule has 2 heteroatoms. The van der Waals surface area contributed by atoms with Gasteiger partial charge in [0.1, 0.15) is 11.7 Å². The Hall–Kier alpha value is -1.62. The fourth-order valence-corrected chi connectivity index (χ4v) is 2.04. The molecule has 18 heavy (non-hydrogen) atoms. The summed E-state index contributed by atoms with van der Waals surface area (Å²) in [6, 6.07) is 12.5. The molecule has 96 valence electrons. The standard InChI is InChI=1S/C16H21NO/c1-2-8-16(18)15(13-17)12-7-6-11-14-9-4-3-5-10-14/h3-5,9-10,15H,2,6-8,11-12H2,1H3. The van der Waals surface area contributed by atoms with Crippen molar-refractivity contribution >= 4 is 5.78 Å². The van der Waals surface area contributed by atoms with E-state index < -0.39 is 0 Å². The van der Waals surface area contributed by atoms with Crippen LogP contribution in [0.15, 0.2) is 30.3 Å². The highest BCUT2D eigenvalue weighted by molar-refractivity contribution is 5.83. The molecule has 0 spiro atoms. The van der Waals surface area contributed by atoms with Crippen LogP contribution in [0.1, 0.15) is 44.6 Å². The monoisotopic (exact) mass is 243 g/mol. The van der Waals surface area contributed by atoms with E-state index in [0.717, 1.165) is 25.7 Å². The van der Waals surface area contributed by atoms with E-state index in [1.165, 1.54) is 5.56 Å². The van der Waals surface area contributed by atoms with Crippen molar-refractivity contribution in [1.82, 2.24) is 0 Å². The van der Waals surface area contributed by atoms with E-state index in [2.05, 4.69) is 18.2 Å². The zero-order valence-electron chi connectivity index (χ0n) is 11.1. The molecular weight excluding hydrogens is 222 g/mol. The van der Waals surface area contributed by atoms with Crippen molar-refractivity contribution in [1.29, 1.82) is 5.26 Å². The third kappa shape index (κ3) is 5.14. The Morgan fingerprint density at radius 3 is 2.61 bits per heavy atom. The summed E-state index contributed by atoms with van der Waals surface area (Å²) in [5.74, 6) is -0.277. The van der Waals surface area contributed by atoms with Gasteiger partial charge in [0.15, 0.2) is 0 Å². The predicted molar refractivity (Wildman–Crippen MR) is 73.0 cm³/mol. The number of hydrogen-bond donors (Lipinski definition) is 0. The first-order valence-corrected chi connectivity index (χ1v) is 6.74. The minimum absolute atomic E-state index is 0.111. The van der Waals surface area contributed by atoms with Crippen LogP contribution in [0, 0.1) is 17.2 Å². The van der Waals surface area contributed by atoms with Crippen molar-refractivity contribution in [3.05, 3.63) is 35.9 Å². The van der Waals surface area contributed by atoms with Gasteiger partial charge >= 0.3 is 0 Å². The molecule has 0 aliphatic carbocycles. The quantitative estimate of drug-likeness (QED) is 0.649. The second-order valence-electron chi connectivity index (χ2n) is 4.63. The Labute approximate surface area is 110 Å². The van der Waals surface area contributed by atoms with Gasteiger partial charge in [-0.1, -0.05) is 43.7 Å². The Kier molecular flexibility index (Phi) is 6.79. The molecule has 0 aromatic heterocycles.